The molecule has 0 spiro atoms. The SMILES string of the molecule is CCOC(=O)C(=O)OC[C@@H]1CCC[NH+]2CCCC[C@H]12. The second kappa shape index (κ2) is 6.89. The number of piperidine rings is 2. The molecule has 0 aromatic rings. The van der Waals surface area contributed by atoms with E-state index in [1.54, 1.807) is 11.8 Å². The Kier molecular flexibility index (Phi) is 5.19. The van der Waals surface area contributed by atoms with E-state index in [-0.39, 0.29) is 6.61 Å². The van der Waals surface area contributed by atoms with Gasteiger partial charge in [0.2, 0.25) is 0 Å². The van der Waals surface area contributed by atoms with Crippen molar-refractivity contribution in [1.29, 1.82) is 0 Å². The number of nitrogens with one attached hydrogen (secondary N) is 1. The largest absolute Gasteiger partial charge is 0.458 e. The van der Waals surface area contributed by atoms with Crippen LogP contribution in [0.25, 0.3) is 0 Å². The quantitative estimate of drug-likeness (QED) is 0.576. The van der Waals surface area contributed by atoms with E-state index in [2.05, 4.69) is 4.74 Å². The van der Waals surface area contributed by atoms with Crippen molar-refractivity contribution in [2.24, 2.45) is 5.92 Å². The Morgan fingerprint density at radius 1 is 1.05 bits per heavy atom. The summed E-state index contributed by atoms with van der Waals surface area (Å²) in [4.78, 5) is 24.3. The lowest BCUT2D eigenvalue weighted by Gasteiger charge is -2.40. The maximum absolute atomic E-state index is 11.4. The maximum atomic E-state index is 11.4. The normalized spacial score (nSPS) is 30.3. The molecule has 2 aliphatic heterocycles. The fourth-order valence-electron chi connectivity index (χ4n) is 3.41. The molecule has 2 heterocycles. The van der Waals surface area contributed by atoms with E-state index >= 15 is 0 Å². The van der Waals surface area contributed by atoms with Crippen molar-refractivity contribution in [2.45, 2.75) is 45.1 Å². The Labute approximate surface area is 114 Å². The first-order valence-electron chi connectivity index (χ1n) is 7.40. The smallest absolute Gasteiger partial charge is 0.417 e. The molecule has 0 aromatic carbocycles. The Balaban J connectivity index is 1.81. The molecule has 2 rings (SSSR count). The number of rotatable bonds is 3. The van der Waals surface area contributed by atoms with Gasteiger partial charge in [-0.1, -0.05) is 0 Å². The number of quaternary nitrogens is 1. The molecule has 0 aromatic heterocycles. The minimum atomic E-state index is -0.869. The van der Waals surface area contributed by atoms with E-state index in [0.717, 1.165) is 6.42 Å². The zero-order chi connectivity index (χ0) is 13.7. The summed E-state index contributed by atoms with van der Waals surface area (Å²) in [6.07, 6.45) is 6.09. The molecule has 3 atom stereocenters. The van der Waals surface area contributed by atoms with Crippen LogP contribution in [0.3, 0.4) is 0 Å². The molecule has 2 fully saturated rings. The lowest BCUT2D eigenvalue weighted by atomic mass is 9.84. The van der Waals surface area contributed by atoms with E-state index in [1.165, 1.54) is 38.8 Å². The van der Waals surface area contributed by atoms with Gasteiger partial charge in [0.05, 0.1) is 25.7 Å². The predicted molar refractivity (Wildman–Crippen MR) is 68.7 cm³/mol. The van der Waals surface area contributed by atoms with Crippen LogP contribution >= 0.6 is 0 Å². The zero-order valence-electron chi connectivity index (χ0n) is 11.7. The summed E-state index contributed by atoms with van der Waals surface area (Å²) in [7, 11) is 0. The highest BCUT2D eigenvalue weighted by Crippen LogP contribution is 2.20. The number of carbonyl (C=O) groups excluding carboxylic acids is 2. The second-order valence-corrected chi connectivity index (χ2v) is 5.48. The Morgan fingerprint density at radius 3 is 2.58 bits per heavy atom. The number of hydrogen-bond donors (Lipinski definition) is 1. The van der Waals surface area contributed by atoms with Gasteiger partial charge in [-0.05, 0) is 39.0 Å². The first-order chi connectivity index (χ1) is 9.22. The Hall–Kier alpha value is -1.10. The van der Waals surface area contributed by atoms with E-state index < -0.39 is 11.9 Å². The van der Waals surface area contributed by atoms with E-state index in [9.17, 15) is 9.59 Å². The first-order valence-corrected chi connectivity index (χ1v) is 7.40. The molecule has 5 nitrogen and oxygen atoms in total. The summed E-state index contributed by atoms with van der Waals surface area (Å²) in [5.74, 6) is -1.31. The van der Waals surface area contributed by atoms with Gasteiger partial charge in [0.25, 0.3) is 0 Å². The van der Waals surface area contributed by atoms with Gasteiger partial charge in [0, 0.05) is 5.92 Å². The van der Waals surface area contributed by atoms with Crippen LogP contribution in [0.5, 0.6) is 0 Å². The van der Waals surface area contributed by atoms with Crippen LogP contribution in [0.2, 0.25) is 0 Å². The van der Waals surface area contributed by atoms with Crippen molar-refractivity contribution < 1.29 is 24.0 Å². The van der Waals surface area contributed by atoms with Gasteiger partial charge >= 0.3 is 11.9 Å². The molecular formula is C14H24NO4+. The predicted octanol–water partition coefficient (Wildman–Crippen LogP) is -0.0599. The van der Waals surface area contributed by atoms with Crippen molar-refractivity contribution in [1.82, 2.24) is 0 Å². The number of hydrogen-bond acceptors (Lipinski definition) is 4. The molecule has 2 aliphatic rings. The van der Waals surface area contributed by atoms with E-state index in [4.69, 9.17) is 4.74 Å². The average molecular weight is 270 g/mol. The third-order valence-electron chi connectivity index (χ3n) is 4.30. The maximum Gasteiger partial charge on any atom is 0.417 e. The average Bonchev–Trinajstić information content (AvgIpc) is 2.45. The summed E-state index contributed by atoms with van der Waals surface area (Å²) in [5.41, 5.74) is 0. The molecule has 5 heteroatoms. The topological polar surface area (TPSA) is 57.0 Å². The monoisotopic (exact) mass is 270 g/mol. The lowest BCUT2D eigenvalue weighted by Crippen LogP contribution is -3.18. The van der Waals surface area contributed by atoms with Crippen LogP contribution in [0.4, 0.5) is 0 Å². The molecule has 19 heavy (non-hydrogen) atoms. The van der Waals surface area contributed by atoms with Crippen LogP contribution in [-0.4, -0.2) is 44.3 Å². The third kappa shape index (κ3) is 3.69. The number of carbonyl (C=O) groups is 2. The van der Waals surface area contributed by atoms with Crippen molar-refractivity contribution >= 4 is 11.9 Å². The van der Waals surface area contributed by atoms with Gasteiger partial charge in [-0.2, -0.15) is 0 Å². The lowest BCUT2D eigenvalue weighted by molar-refractivity contribution is -0.940. The van der Waals surface area contributed by atoms with Gasteiger partial charge < -0.3 is 14.4 Å². The molecular weight excluding hydrogens is 246 g/mol. The fourth-order valence-corrected chi connectivity index (χ4v) is 3.41. The van der Waals surface area contributed by atoms with Gasteiger partial charge in [0.15, 0.2) is 0 Å². The van der Waals surface area contributed by atoms with Crippen LogP contribution in [0.1, 0.15) is 39.0 Å². The van der Waals surface area contributed by atoms with Gasteiger partial charge in [-0.3, -0.25) is 0 Å². The van der Waals surface area contributed by atoms with Crippen LogP contribution < -0.4 is 4.90 Å². The molecule has 0 bridgehead atoms. The number of fused-ring (bicyclic) bond motifs is 1. The molecule has 0 amide bonds. The van der Waals surface area contributed by atoms with Gasteiger partial charge in [-0.25, -0.2) is 9.59 Å². The summed E-state index contributed by atoms with van der Waals surface area (Å²) >= 11 is 0. The number of esters is 2. The molecule has 1 unspecified atom stereocenters. The Bertz CT molecular complexity index is 329. The summed E-state index contributed by atoms with van der Waals surface area (Å²) in [6.45, 7) is 4.74. The van der Waals surface area contributed by atoms with Crippen molar-refractivity contribution in [2.75, 3.05) is 26.3 Å². The van der Waals surface area contributed by atoms with Crippen molar-refractivity contribution in [3.63, 3.8) is 0 Å². The molecule has 0 aliphatic carbocycles. The Morgan fingerprint density at radius 2 is 1.79 bits per heavy atom. The van der Waals surface area contributed by atoms with E-state index in [0.29, 0.717) is 18.6 Å². The van der Waals surface area contributed by atoms with Crippen LogP contribution in [0, 0.1) is 5.92 Å². The standard InChI is InChI=1S/C14H23NO4/c1-2-18-13(16)14(17)19-10-11-6-5-9-15-8-4-3-7-12(11)15/h11-12H,2-10H2,1H3/p+1/t11-,12+/m0/s1. The summed E-state index contributed by atoms with van der Waals surface area (Å²) in [5, 5.41) is 0. The minimum Gasteiger partial charge on any atom is -0.458 e. The molecule has 2 saturated heterocycles. The number of ether oxygens (including phenoxy) is 2. The highest BCUT2D eigenvalue weighted by Gasteiger charge is 2.37. The van der Waals surface area contributed by atoms with Crippen LogP contribution in [-0.2, 0) is 19.1 Å². The second-order valence-electron chi connectivity index (χ2n) is 5.48. The van der Waals surface area contributed by atoms with Crippen molar-refractivity contribution in [3.8, 4) is 0 Å². The molecule has 0 radical (unpaired) electrons. The van der Waals surface area contributed by atoms with Crippen LogP contribution in [0.15, 0.2) is 0 Å². The minimum absolute atomic E-state index is 0.206. The van der Waals surface area contributed by atoms with Gasteiger partial charge in [0.1, 0.15) is 6.61 Å². The highest BCUT2D eigenvalue weighted by atomic mass is 16.6. The summed E-state index contributed by atoms with van der Waals surface area (Å²) in [6, 6.07) is 0.609. The molecule has 108 valence electrons. The molecule has 0 saturated carbocycles. The fraction of sp³-hybridized carbons (Fsp3) is 0.857. The highest BCUT2D eigenvalue weighted by molar-refractivity contribution is 6.29. The van der Waals surface area contributed by atoms with Gasteiger partial charge in [-0.15, -0.1) is 0 Å². The summed E-state index contributed by atoms with van der Waals surface area (Å²) < 4.78 is 9.75. The third-order valence-corrected chi connectivity index (χ3v) is 4.30. The first kappa shape index (κ1) is 14.3. The van der Waals surface area contributed by atoms with E-state index in [1.807, 2.05) is 0 Å². The molecule has 1 N–H and O–H groups in total. The zero-order valence-corrected chi connectivity index (χ0v) is 11.7. The van der Waals surface area contributed by atoms with Crippen molar-refractivity contribution in [3.05, 3.63) is 0 Å².